The van der Waals surface area contributed by atoms with Crippen molar-refractivity contribution in [2.45, 2.75) is 235 Å². The second-order valence-corrected chi connectivity index (χ2v) is 16.3. The number of aliphatic hydroxyl groups excluding tert-OH is 7. The fourth-order valence-electron chi connectivity index (χ4n) is 7.89. The minimum atomic E-state index is -1.79. The van der Waals surface area contributed by atoms with Crippen LogP contribution in [0, 0.1) is 0 Å². The first-order valence-electron chi connectivity index (χ1n) is 21.3. The minimum Gasteiger partial charge on any atom is -0.457 e. The fourth-order valence-corrected chi connectivity index (χ4v) is 7.89. The van der Waals surface area contributed by atoms with E-state index in [9.17, 15) is 45.3 Å². The monoisotopic (exact) mass is 854 g/mol. The van der Waals surface area contributed by atoms with E-state index in [0.717, 1.165) is 39.5 Å². The lowest BCUT2D eigenvalue weighted by Crippen LogP contribution is -2.67. The number of hydrogen-bond donors (Lipinski definition) is 7. The maximum Gasteiger partial charge on any atom is 0.303 e. The first kappa shape index (κ1) is 50.0. The van der Waals surface area contributed by atoms with Gasteiger partial charge in [-0.1, -0.05) is 64.7 Å². The van der Waals surface area contributed by atoms with Gasteiger partial charge in [-0.25, -0.2) is 0 Å². The van der Waals surface area contributed by atoms with Crippen molar-refractivity contribution in [3.05, 3.63) is 0 Å². The van der Waals surface area contributed by atoms with Gasteiger partial charge in [-0.3, -0.25) is 9.59 Å². The lowest BCUT2D eigenvalue weighted by Gasteiger charge is -2.49. The topological polar surface area (TPSA) is 268 Å². The van der Waals surface area contributed by atoms with Crippen molar-refractivity contribution in [3.63, 3.8) is 0 Å². The van der Waals surface area contributed by atoms with Gasteiger partial charge in [0.1, 0.15) is 61.0 Å². The highest BCUT2D eigenvalue weighted by Gasteiger charge is 2.56. The number of unbranched alkanes of at least 4 members (excludes halogenated alkanes) is 9. The van der Waals surface area contributed by atoms with Crippen molar-refractivity contribution in [1.82, 2.24) is 0 Å². The van der Waals surface area contributed by atoms with Crippen LogP contribution in [0.3, 0.4) is 0 Å². The summed E-state index contributed by atoms with van der Waals surface area (Å²) < 4.78 is 58.4. The molecule has 59 heavy (non-hydrogen) atoms. The van der Waals surface area contributed by atoms with Gasteiger partial charge >= 0.3 is 11.9 Å². The third-order valence-electron chi connectivity index (χ3n) is 11.4. The summed E-state index contributed by atoms with van der Waals surface area (Å²) in [6.45, 7) is 10.7. The molecule has 4 aliphatic heterocycles. The standard InChI is InChI=1S/C40H70O19/c1-8-9-10-11-12-13-14-15-16-17-18-50-37-30(48)28(46)32(21(4)53-37)57-39-31(49)35(33(22(5)54-39)55-23(6)41)59-40-36(56-24(7)42)34(26(44)20(3)52-40)58-38-29(47)27(45)25(43)19(2)51-38/h19-22,25-40,43-49H,8-18H2,1-7H3/t19-,20-,21-,22-,25-,26-,27+,28+,29+,30+,31+,32-,33-,34+,35-,36+,37+,38-,39-,40-/m0/s1. The van der Waals surface area contributed by atoms with Crippen LogP contribution in [-0.2, 0) is 57.0 Å². The van der Waals surface area contributed by atoms with Gasteiger partial charge in [0.2, 0.25) is 0 Å². The van der Waals surface area contributed by atoms with Gasteiger partial charge in [-0.2, -0.15) is 0 Å². The summed E-state index contributed by atoms with van der Waals surface area (Å²) >= 11 is 0. The third kappa shape index (κ3) is 13.4. The summed E-state index contributed by atoms with van der Waals surface area (Å²) in [5.74, 6) is -1.62. The van der Waals surface area contributed by atoms with Crippen LogP contribution in [0.25, 0.3) is 0 Å². The van der Waals surface area contributed by atoms with E-state index in [0.29, 0.717) is 6.61 Å². The normalized spacial score (nSPS) is 42.9. The molecule has 20 atom stereocenters. The molecule has 4 rings (SSSR count). The van der Waals surface area contributed by atoms with Gasteiger partial charge in [0.15, 0.2) is 37.4 Å². The molecule has 19 nitrogen and oxygen atoms in total. The first-order chi connectivity index (χ1) is 28.0. The number of carbonyl (C=O) groups excluding carboxylic acids is 2. The third-order valence-corrected chi connectivity index (χ3v) is 11.4. The number of rotatable bonds is 20. The molecule has 4 aliphatic rings. The van der Waals surface area contributed by atoms with E-state index in [2.05, 4.69) is 6.92 Å². The number of esters is 2. The molecule has 0 aromatic carbocycles. The Labute approximate surface area is 346 Å². The summed E-state index contributed by atoms with van der Waals surface area (Å²) in [5.41, 5.74) is 0. The number of ether oxygens (including phenoxy) is 10. The van der Waals surface area contributed by atoms with Crippen molar-refractivity contribution in [2.24, 2.45) is 0 Å². The molecular formula is C40H70O19. The molecule has 0 aromatic rings. The van der Waals surface area contributed by atoms with Gasteiger partial charge in [0, 0.05) is 20.5 Å². The Morgan fingerprint density at radius 3 is 1.46 bits per heavy atom. The number of hydrogen-bond acceptors (Lipinski definition) is 19. The molecule has 0 unspecified atom stereocenters. The zero-order valence-electron chi connectivity index (χ0n) is 35.4. The second kappa shape index (κ2) is 23.7. The smallest absolute Gasteiger partial charge is 0.303 e. The average molecular weight is 855 g/mol. The molecule has 0 bridgehead atoms. The Kier molecular flexibility index (Phi) is 20.1. The van der Waals surface area contributed by atoms with Crippen LogP contribution >= 0.6 is 0 Å². The van der Waals surface area contributed by atoms with E-state index in [-0.39, 0.29) is 0 Å². The van der Waals surface area contributed by atoms with Gasteiger partial charge in [0.05, 0.1) is 24.4 Å². The summed E-state index contributed by atoms with van der Waals surface area (Å²) in [6, 6.07) is 0. The number of aliphatic hydroxyl groups is 7. The zero-order valence-corrected chi connectivity index (χ0v) is 35.4. The van der Waals surface area contributed by atoms with Gasteiger partial charge < -0.3 is 83.1 Å². The van der Waals surface area contributed by atoms with Crippen LogP contribution in [0.2, 0.25) is 0 Å². The molecule has 4 saturated heterocycles. The van der Waals surface area contributed by atoms with E-state index in [1.54, 1.807) is 6.92 Å². The molecule has 0 saturated carbocycles. The SMILES string of the molecule is CCCCCCCCCCCCO[C@@H]1O[C@@H](C)[C@H](O[C@@H]2O[C@@H](C)[C@H](OC(C)=O)[C@@H](O[C@@H]3O[C@@H](C)[C@H](O)[C@@H](O[C@@H]4O[C@@H](C)[C@H](O)[C@@H](O)[C@H]4O)[C@H]3OC(C)=O)[C@H]2O)[C@H](O)[C@H]1O. The molecule has 0 amide bonds. The predicted octanol–water partition coefficient (Wildman–Crippen LogP) is 0.448. The molecule has 4 fully saturated rings. The van der Waals surface area contributed by atoms with Gasteiger partial charge in [-0.15, -0.1) is 0 Å². The van der Waals surface area contributed by atoms with Crippen LogP contribution in [-0.4, -0.2) is 177 Å². The van der Waals surface area contributed by atoms with Gasteiger partial charge in [-0.05, 0) is 34.1 Å². The summed E-state index contributed by atoms with van der Waals surface area (Å²) in [6.07, 6.45) is -17.0. The summed E-state index contributed by atoms with van der Waals surface area (Å²) in [7, 11) is 0. The summed E-state index contributed by atoms with van der Waals surface area (Å²) in [5, 5.41) is 76.3. The largest absolute Gasteiger partial charge is 0.457 e. The van der Waals surface area contributed by atoms with E-state index in [4.69, 9.17) is 47.4 Å². The predicted molar refractivity (Wildman–Crippen MR) is 203 cm³/mol. The Balaban J connectivity index is 1.43. The molecule has 0 aromatic heterocycles. The average Bonchev–Trinajstić information content (AvgIpc) is 3.18. The fraction of sp³-hybridized carbons (Fsp3) is 0.950. The van der Waals surface area contributed by atoms with Gasteiger partial charge in [0.25, 0.3) is 0 Å². The molecule has 0 spiro atoms. The van der Waals surface area contributed by atoms with E-state index >= 15 is 0 Å². The molecular weight excluding hydrogens is 784 g/mol. The van der Waals surface area contributed by atoms with Crippen LogP contribution in [0.4, 0.5) is 0 Å². The zero-order chi connectivity index (χ0) is 43.6. The summed E-state index contributed by atoms with van der Waals surface area (Å²) in [4.78, 5) is 24.7. The quantitative estimate of drug-likeness (QED) is 0.0647. The van der Waals surface area contributed by atoms with Crippen LogP contribution in [0.1, 0.15) is 113 Å². The maximum atomic E-state index is 12.4. The minimum absolute atomic E-state index is 0.319. The molecule has 4 heterocycles. The highest BCUT2D eigenvalue weighted by atomic mass is 16.8. The lowest BCUT2D eigenvalue weighted by molar-refractivity contribution is -0.384. The molecule has 344 valence electrons. The van der Waals surface area contributed by atoms with Crippen LogP contribution in [0.15, 0.2) is 0 Å². The second-order valence-electron chi connectivity index (χ2n) is 16.3. The molecule has 7 N–H and O–H groups in total. The van der Waals surface area contributed by atoms with Crippen molar-refractivity contribution in [2.75, 3.05) is 6.61 Å². The Hall–Kier alpha value is -1.66. The highest BCUT2D eigenvalue weighted by Crippen LogP contribution is 2.36. The number of carbonyl (C=O) groups is 2. The molecule has 0 radical (unpaired) electrons. The Morgan fingerprint density at radius 1 is 0.424 bits per heavy atom. The van der Waals surface area contributed by atoms with Crippen molar-refractivity contribution >= 4 is 11.9 Å². The van der Waals surface area contributed by atoms with Crippen molar-refractivity contribution < 1.29 is 92.7 Å². The first-order valence-corrected chi connectivity index (χ1v) is 21.3. The molecule has 19 heteroatoms. The maximum absolute atomic E-state index is 12.4. The van der Waals surface area contributed by atoms with E-state index in [1.807, 2.05) is 0 Å². The van der Waals surface area contributed by atoms with Crippen LogP contribution in [0.5, 0.6) is 0 Å². The highest BCUT2D eigenvalue weighted by molar-refractivity contribution is 5.66. The van der Waals surface area contributed by atoms with Crippen molar-refractivity contribution in [1.29, 1.82) is 0 Å². The van der Waals surface area contributed by atoms with E-state index < -0.39 is 135 Å². The van der Waals surface area contributed by atoms with Crippen molar-refractivity contribution in [3.8, 4) is 0 Å². The van der Waals surface area contributed by atoms with Crippen LogP contribution < -0.4 is 0 Å². The lowest BCUT2D eigenvalue weighted by atomic mass is 9.95. The Bertz CT molecular complexity index is 1260. The van der Waals surface area contributed by atoms with E-state index in [1.165, 1.54) is 59.3 Å². The molecule has 0 aliphatic carbocycles. The Morgan fingerprint density at radius 2 is 0.847 bits per heavy atom.